The van der Waals surface area contributed by atoms with Crippen molar-refractivity contribution in [3.05, 3.63) is 0 Å². The number of carbonyl (C=O) groups is 2. The molecule has 5 heteroatoms. The zero-order valence-electron chi connectivity index (χ0n) is 9.57. The average Bonchev–Trinajstić information content (AvgIpc) is 2.20. The van der Waals surface area contributed by atoms with Crippen LogP contribution in [0.1, 0.15) is 39.0 Å². The SMILES string of the molecule is CCOC(=O)CC1CCC(NC(=O)O)CC1. The van der Waals surface area contributed by atoms with Crippen LogP contribution < -0.4 is 5.32 Å². The van der Waals surface area contributed by atoms with Crippen LogP contribution >= 0.6 is 0 Å². The minimum Gasteiger partial charge on any atom is -0.466 e. The van der Waals surface area contributed by atoms with Crippen molar-refractivity contribution >= 4 is 12.1 Å². The van der Waals surface area contributed by atoms with Gasteiger partial charge in [-0.2, -0.15) is 0 Å². The molecule has 0 bridgehead atoms. The molecule has 1 fully saturated rings. The standard InChI is InChI=1S/C11H19NO4/c1-2-16-10(13)7-8-3-5-9(6-4-8)12-11(14)15/h8-9,12H,2-7H2,1H3,(H,14,15). The van der Waals surface area contributed by atoms with Crippen LogP contribution in [0.25, 0.3) is 0 Å². The van der Waals surface area contributed by atoms with Crippen LogP contribution in [0.15, 0.2) is 0 Å². The van der Waals surface area contributed by atoms with Gasteiger partial charge in [-0.15, -0.1) is 0 Å². The highest BCUT2D eigenvalue weighted by atomic mass is 16.5. The summed E-state index contributed by atoms with van der Waals surface area (Å²) >= 11 is 0. The highest BCUT2D eigenvalue weighted by molar-refractivity contribution is 5.69. The summed E-state index contributed by atoms with van der Waals surface area (Å²) in [6.45, 7) is 2.22. The third-order valence-electron chi connectivity index (χ3n) is 2.94. The molecule has 0 spiro atoms. The number of nitrogens with one attached hydrogen (secondary N) is 1. The van der Waals surface area contributed by atoms with Crippen molar-refractivity contribution in [2.24, 2.45) is 5.92 Å². The van der Waals surface area contributed by atoms with Gasteiger partial charge in [0, 0.05) is 12.5 Å². The Labute approximate surface area is 95.2 Å². The summed E-state index contributed by atoms with van der Waals surface area (Å²) < 4.78 is 4.89. The van der Waals surface area contributed by atoms with Crippen LogP contribution in [0.5, 0.6) is 0 Å². The van der Waals surface area contributed by atoms with Gasteiger partial charge in [0.05, 0.1) is 6.61 Å². The summed E-state index contributed by atoms with van der Waals surface area (Å²) in [5, 5.41) is 11.0. The Morgan fingerprint density at radius 2 is 1.94 bits per heavy atom. The Morgan fingerprint density at radius 3 is 2.44 bits per heavy atom. The molecular formula is C11H19NO4. The predicted octanol–water partition coefficient (Wildman–Crippen LogP) is 1.77. The molecule has 92 valence electrons. The van der Waals surface area contributed by atoms with Crippen molar-refractivity contribution in [2.75, 3.05) is 6.61 Å². The molecule has 0 unspecified atom stereocenters. The van der Waals surface area contributed by atoms with Crippen molar-refractivity contribution < 1.29 is 19.4 Å². The monoisotopic (exact) mass is 229 g/mol. The zero-order valence-corrected chi connectivity index (χ0v) is 9.57. The first kappa shape index (κ1) is 12.8. The summed E-state index contributed by atoms with van der Waals surface area (Å²) in [5.41, 5.74) is 0. The van der Waals surface area contributed by atoms with Crippen molar-refractivity contribution in [1.82, 2.24) is 5.32 Å². The zero-order chi connectivity index (χ0) is 12.0. The lowest BCUT2D eigenvalue weighted by molar-refractivity contribution is -0.144. The molecule has 0 aromatic heterocycles. The van der Waals surface area contributed by atoms with Crippen LogP contribution in [0, 0.1) is 5.92 Å². The van der Waals surface area contributed by atoms with Crippen molar-refractivity contribution in [2.45, 2.75) is 45.1 Å². The molecule has 1 amide bonds. The topological polar surface area (TPSA) is 75.6 Å². The molecule has 1 aliphatic carbocycles. The third-order valence-corrected chi connectivity index (χ3v) is 2.94. The lowest BCUT2D eigenvalue weighted by Gasteiger charge is -2.27. The largest absolute Gasteiger partial charge is 0.466 e. The number of esters is 1. The van der Waals surface area contributed by atoms with E-state index in [1.54, 1.807) is 6.92 Å². The first-order valence-corrected chi connectivity index (χ1v) is 5.77. The summed E-state index contributed by atoms with van der Waals surface area (Å²) in [7, 11) is 0. The minimum absolute atomic E-state index is 0.0518. The molecule has 2 N–H and O–H groups in total. The summed E-state index contributed by atoms with van der Waals surface area (Å²) in [4.78, 5) is 21.7. The number of hydrogen-bond acceptors (Lipinski definition) is 3. The highest BCUT2D eigenvalue weighted by Crippen LogP contribution is 2.27. The Bertz CT molecular complexity index is 246. The Morgan fingerprint density at radius 1 is 1.31 bits per heavy atom. The van der Waals surface area contributed by atoms with Crippen LogP contribution in [-0.4, -0.2) is 29.8 Å². The van der Waals surface area contributed by atoms with Crippen LogP contribution in [0.4, 0.5) is 4.79 Å². The van der Waals surface area contributed by atoms with E-state index in [2.05, 4.69) is 5.32 Å². The molecular weight excluding hydrogens is 210 g/mol. The fourth-order valence-corrected chi connectivity index (χ4v) is 2.14. The van der Waals surface area contributed by atoms with E-state index in [0.717, 1.165) is 25.7 Å². The van der Waals surface area contributed by atoms with Crippen LogP contribution in [0.3, 0.4) is 0 Å². The van der Waals surface area contributed by atoms with Gasteiger partial charge in [-0.05, 0) is 38.5 Å². The van der Waals surface area contributed by atoms with Crippen molar-refractivity contribution in [3.63, 3.8) is 0 Å². The molecule has 16 heavy (non-hydrogen) atoms. The van der Waals surface area contributed by atoms with E-state index in [0.29, 0.717) is 18.9 Å². The predicted molar refractivity (Wildman–Crippen MR) is 58.2 cm³/mol. The van der Waals surface area contributed by atoms with E-state index < -0.39 is 6.09 Å². The van der Waals surface area contributed by atoms with Crippen LogP contribution in [0.2, 0.25) is 0 Å². The first-order valence-electron chi connectivity index (χ1n) is 5.77. The maximum absolute atomic E-state index is 11.2. The van der Waals surface area contributed by atoms with E-state index in [-0.39, 0.29) is 12.0 Å². The lowest BCUT2D eigenvalue weighted by atomic mass is 9.84. The quantitative estimate of drug-likeness (QED) is 0.720. The highest BCUT2D eigenvalue weighted by Gasteiger charge is 2.24. The summed E-state index contributed by atoms with van der Waals surface area (Å²) in [5.74, 6) is 0.211. The molecule has 5 nitrogen and oxygen atoms in total. The summed E-state index contributed by atoms with van der Waals surface area (Å²) in [6.07, 6.45) is 2.92. The number of ether oxygens (including phenoxy) is 1. The maximum atomic E-state index is 11.2. The molecule has 1 rings (SSSR count). The normalized spacial score (nSPS) is 24.8. The van der Waals surface area contributed by atoms with Gasteiger partial charge >= 0.3 is 12.1 Å². The van der Waals surface area contributed by atoms with Gasteiger partial charge in [0.25, 0.3) is 0 Å². The minimum atomic E-state index is -0.964. The maximum Gasteiger partial charge on any atom is 0.404 e. The Hall–Kier alpha value is -1.26. The van der Waals surface area contributed by atoms with Gasteiger partial charge < -0.3 is 15.2 Å². The van der Waals surface area contributed by atoms with Gasteiger partial charge in [0.2, 0.25) is 0 Å². The number of rotatable bonds is 4. The molecule has 1 aliphatic rings. The van der Waals surface area contributed by atoms with Crippen molar-refractivity contribution in [1.29, 1.82) is 0 Å². The van der Waals surface area contributed by atoms with E-state index >= 15 is 0 Å². The molecule has 0 radical (unpaired) electrons. The summed E-state index contributed by atoms with van der Waals surface area (Å²) in [6, 6.07) is 0.0518. The van der Waals surface area contributed by atoms with Gasteiger partial charge in [-0.3, -0.25) is 4.79 Å². The molecule has 0 aromatic rings. The number of carboxylic acid groups (broad SMARTS) is 1. The average molecular weight is 229 g/mol. The third kappa shape index (κ3) is 4.51. The first-order chi connectivity index (χ1) is 7.61. The second kappa shape index (κ2) is 6.35. The number of hydrogen-bond donors (Lipinski definition) is 2. The molecule has 0 saturated heterocycles. The van der Waals surface area contributed by atoms with Gasteiger partial charge in [0.1, 0.15) is 0 Å². The van der Waals surface area contributed by atoms with E-state index in [1.807, 2.05) is 0 Å². The smallest absolute Gasteiger partial charge is 0.404 e. The molecule has 1 saturated carbocycles. The number of carbonyl (C=O) groups excluding carboxylic acids is 1. The molecule has 0 aliphatic heterocycles. The lowest BCUT2D eigenvalue weighted by Crippen LogP contribution is -2.36. The van der Waals surface area contributed by atoms with Gasteiger partial charge in [-0.25, -0.2) is 4.79 Å². The molecule has 0 atom stereocenters. The fraction of sp³-hybridized carbons (Fsp3) is 0.818. The van der Waals surface area contributed by atoms with E-state index in [9.17, 15) is 9.59 Å². The van der Waals surface area contributed by atoms with Gasteiger partial charge in [-0.1, -0.05) is 0 Å². The Kier molecular flexibility index (Phi) is 5.08. The fourth-order valence-electron chi connectivity index (χ4n) is 2.14. The van der Waals surface area contributed by atoms with Gasteiger partial charge in [0.15, 0.2) is 0 Å². The van der Waals surface area contributed by atoms with E-state index in [4.69, 9.17) is 9.84 Å². The van der Waals surface area contributed by atoms with Crippen LogP contribution in [-0.2, 0) is 9.53 Å². The second-order valence-corrected chi connectivity index (χ2v) is 4.18. The Balaban J connectivity index is 2.21. The number of amides is 1. The van der Waals surface area contributed by atoms with E-state index in [1.165, 1.54) is 0 Å². The van der Waals surface area contributed by atoms with Crippen molar-refractivity contribution in [3.8, 4) is 0 Å². The molecule has 0 heterocycles. The second-order valence-electron chi connectivity index (χ2n) is 4.18. The molecule has 0 aromatic carbocycles.